The van der Waals surface area contributed by atoms with Crippen LogP contribution in [0, 0.1) is 0 Å². The summed E-state index contributed by atoms with van der Waals surface area (Å²) in [6.45, 7) is 0.788. The zero-order valence-corrected chi connectivity index (χ0v) is 64.3. The average molecular weight is 1630 g/mol. The van der Waals surface area contributed by atoms with Crippen LogP contribution in [0.25, 0.3) is 65.5 Å². The molecule has 30 heteroatoms. The van der Waals surface area contributed by atoms with Crippen LogP contribution in [0.3, 0.4) is 0 Å². The Morgan fingerprint density at radius 1 is 0.406 bits per heavy atom. The number of hydrogen-bond acceptors (Lipinski definition) is 22. The highest BCUT2D eigenvalue weighted by molar-refractivity contribution is 9.10. The Morgan fingerprint density at radius 2 is 0.755 bits per heavy atom. The summed E-state index contributed by atoms with van der Waals surface area (Å²) in [6, 6.07) is 62.9. The minimum atomic E-state index is -4.34. The summed E-state index contributed by atoms with van der Waals surface area (Å²) in [4.78, 5) is 10.7. The third-order valence-electron chi connectivity index (χ3n) is 17.3. The molecule has 4 heterocycles. The number of nitrogens with zero attached hydrogens (tertiary/aromatic N) is 12. The van der Waals surface area contributed by atoms with Crippen LogP contribution in [0.4, 0.5) is 10.3 Å². The molecule has 0 unspecified atom stereocenters. The number of anilines is 2. The molecule has 0 spiro atoms. The molecule has 0 aliphatic heterocycles. The minimum Gasteiger partial charge on any atom is -0.497 e. The maximum atomic E-state index is 15.4. The Bertz CT molecular complexity index is 5580. The first-order valence-corrected chi connectivity index (χ1v) is 38.7. The third kappa shape index (κ3) is 16.1. The van der Waals surface area contributed by atoms with E-state index < -0.39 is 20.0 Å². The standard InChI is InChI=1S/2C38H34BrN7O5S2/c1-49-27-13-7-24(8-14-27)21-45(22-25-9-15-28(50-2)16-10-25)53(47,48)36-32(39)20-19-30(31-5-4-6-33-35(31)41-38(40)52-33)34(36)37-42-43-44-46(37)23-26-11-17-29(51-3)18-12-26;1-49-27-13-7-24(8-14-27)21-45(22-25-9-15-28(50-2)16-10-25)53(47,48)36-32(39)20-19-30(31-5-4-6-33-35(31)41-38(40)52-33)34(36)37-42-44-46(43-37)23-26-11-17-29(51-3)18-12-26/h2*4-20H,21-23H2,1-3H3,(H2,40,41). The van der Waals surface area contributed by atoms with Crippen molar-refractivity contribution in [1.29, 1.82) is 0 Å². The second-order valence-electron chi connectivity index (χ2n) is 23.9. The lowest BCUT2D eigenvalue weighted by atomic mass is 9.98. The number of benzene rings is 10. The van der Waals surface area contributed by atoms with Crippen LogP contribution >= 0.6 is 54.5 Å². The van der Waals surface area contributed by atoms with Crippen LogP contribution in [0.15, 0.2) is 225 Å². The van der Waals surface area contributed by atoms with E-state index in [9.17, 15) is 0 Å². The van der Waals surface area contributed by atoms with Gasteiger partial charge in [0.05, 0.1) is 87.3 Å². The summed E-state index contributed by atoms with van der Waals surface area (Å²) in [6.07, 6.45) is 0. The maximum Gasteiger partial charge on any atom is 0.245 e. The molecule has 0 aliphatic carbocycles. The first kappa shape index (κ1) is 73.6. The maximum absolute atomic E-state index is 15.4. The second-order valence-corrected chi connectivity index (χ2v) is 31.5. The molecular formula is C76H68Br2N14O10S4. The van der Waals surface area contributed by atoms with Crippen LogP contribution in [0.5, 0.6) is 34.5 Å². The lowest BCUT2D eigenvalue weighted by Gasteiger charge is -2.26. The largest absolute Gasteiger partial charge is 0.497 e. The van der Waals surface area contributed by atoms with Crippen molar-refractivity contribution < 1.29 is 45.3 Å². The van der Waals surface area contributed by atoms with E-state index in [2.05, 4.69) is 67.7 Å². The van der Waals surface area contributed by atoms with Gasteiger partial charge in [0, 0.05) is 46.3 Å². The molecule has 0 amide bonds. The molecule has 24 nitrogen and oxygen atoms in total. The summed E-state index contributed by atoms with van der Waals surface area (Å²) < 4.78 is 100. The molecular weight excluding hydrogens is 1560 g/mol. The first-order valence-electron chi connectivity index (χ1n) is 32.6. The number of sulfonamides is 2. The number of para-hydroxylation sites is 2. The normalized spacial score (nSPS) is 11.6. The average Bonchev–Trinajstić information content (AvgIpc) is 1.23. The van der Waals surface area contributed by atoms with Crippen molar-refractivity contribution in [2.24, 2.45) is 0 Å². The Kier molecular flexibility index (Phi) is 22.5. The van der Waals surface area contributed by atoms with Gasteiger partial charge >= 0.3 is 0 Å². The molecule has 14 rings (SSSR count). The van der Waals surface area contributed by atoms with Crippen molar-refractivity contribution in [2.45, 2.75) is 49.1 Å². The van der Waals surface area contributed by atoms with Crippen LogP contribution in [-0.4, -0.2) is 118 Å². The highest BCUT2D eigenvalue weighted by atomic mass is 79.9. The summed E-state index contributed by atoms with van der Waals surface area (Å²) in [7, 11) is 0.901. The number of nitrogen functional groups attached to an aromatic ring is 2. The molecule has 14 aromatic rings. The summed E-state index contributed by atoms with van der Waals surface area (Å²) in [5.41, 5.74) is 21.6. The lowest BCUT2D eigenvalue weighted by molar-refractivity contribution is 0.397. The molecule has 0 radical (unpaired) electrons. The number of aromatic nitrogens is 10. The number of hydrogen-bond donors (Lipinski definition) is 2. The topological polar surface area (TPSA) is 295 Å². The van der Waals surface area contributed by atoms with Crippen molar-refractivity contribution in [3.8, 4) is 79.5 Å². The van der Waals surface area contributed by atoms with Gasteiger partial charge in [-0.05, 0) is 189 Å². The first-order chi connectivity index (χ1) is 51.3. The number of tetrazole rings is 2. The van der Waals surface area contributed by atoms with Gasteiger partial charge in [0.2, 0.25) is 25.9 Å². The van der Waals surface area contributed by atoms with Crippen LogP contribution in [-0.2, 0) is 59.3 Å². The van der Waals surface area contributed by atoms with Gasteiger partial charge in [-0.1, -0.05) is 132 Å². The van der Waals surface area contributed by atoms with Gasteiger partial charge in [-0.3, -0.25) is 0 Å². The fourth-order valence-electron chi connectivity index (χ4n) is 12.0. The molecule has 0 saturated heterocycles. The molecule has 4 aromatic heterocycles. The van der Waals surface area contributed by atoms with Gasteiger partial charge in [-0.2, -0.15) is 13.4 Å². The molecule has 0 atom stereocenters. The van der Waals surface area contributed by atoms with Gasteiger partial charge < -0.3 is 39.9 Å². The van der Waals surface area contributed by atoms with E-state index in [0.29, 0.717) is 93.4 Å². The van der Waals surface area contributed by atoms with Gasteiger partial charge in [-0.15, -0.1) is 15.3 Å². The van der Waals surface area contributed by atoms with Crippen molar-refractivity contribution in [2.75, 3.05) is 54.1 Å². The lowest BCUT2D eigenvalue weighted by Crippen LogP contribution is -2.31. The van der Waals surface area contributed by atoms with E-state index in [1.807, 2.05) is 170 Å². The van der Waals surface area contributed by atoms with Crippen molar-refractivity contribution >= 4 is 105 Å². The fourth-order valence-corrected chi connectivity index (χ4v) is 18.8. The monoisotopic (exact) mass is 1620 g/mol. The zero-order valence-electron chi connectivity index (χ0n) is 57.9. The Morgan fingerprint density at radius 3 is 1.13 bits per heavy atom. The highest BCUT2D eigenvalue weighted by Crippen LogP contribution is 2.47. The number of halogens is 2. The molecule has 106 heavy (non-hydrogen) atoms. The van der Waals surface area contributed by atoms with E-state index in [4.69, 9.17) is 45.0 Å². The quantitative estimate of drug-likeness (QED) is 0.0509. The van der Waals surface area contributed by atoms with E-state index in [-0.39, 0.29) is 59.7 Å². The SMILES string of the molecule is COc1ccc(CN(Cc2ccc(OC)cc2)S(=O)(=O)c2c(Br)ccc(-c3cccc4sc(N)nc34)c2-c2nnn(Cc3ccc(OC)cc3)n2)cc1.COc1ccc(CN(Cc2ccc(OC)cc2)S(=O)(=O)c2c(Br)ccc(-c3cccc4sc(N)nc34)c2-c2nnnn2Cc2ccc(OC)cc2)cc1. The van der Waals surface area contributed by atoms with Gasteiger partial charge in [0.1, 0.15) is 44.3 Å². The van der Waals surface area contributed by atoms with E-state index in [1.165, 1.54) is 36.1 Å². The molecule has 0 aliphatic rings. The summed E-state index contributed by atoms with van der Waals surface area (Å²) >= 11 is 9.98. The Balaban J connectivity index is 0.000000188. The molecule has 10 aromatic carbocycles. The minimum absolute atomic E-state index is 0.00279. The predicted molar refractivity (Wildman–Crippen MR) is 417 cm³/mol. The van der Waals surface area contributed by atoms with Gasteiger partial charge in [0.15, 0.2) is 16.1 Å². The van der Waals surface area contributed by atoms with Crippen molar-refractivity contribution in [1.82, 2.24) is 59.0 Å². The second kappa shape index (κ2) is 32.3. The van der Waals surface area contributed by atoms with Crippen LogP contribution < -0.4 is 39.9 Å². The van der Waals surface area contributed by atoms with Crippen molar-refractivity contribution in [3.63, 3.8) is 0 Å². The number of ether oxygens (including phenoxy) is 6. The number of fused-ring (bicyclic) bond motifs is 2. The molecule has 0 saturated carbocycles. The van der Waals surface area contributed by atoms with E-state index >= 15 is 16.8 Å². The van der Waals surface area contributed by atoms with E-state index in [1.54, 1.807) is 83.7 Å². The number of thiazole rings is 2. The van der Waals surface area contributed by atoms with Crippen molar-refractivity contribution in [3.05, 3.63) is 249 Å². The van der Waals surface area contributed by atoms with Crippen LogP contribution in [0.1, 0.15) is 33.4 Å². The van der Waals surface area contributed by atoms with E-state index in [0.717, 1.165) is 48.5 Å². The number of methoxy groups -OCH3 is 6. The Hall–Kier alpha value is -10.7. The number of nitrogens with two attached hydrogens (primary N) is 2. The smallest absolute Gasteiger partial charge is 0.245 e. The van der Waals surface area contributed by atoms with Gasteiger partial charge in [-0.25, -0.2) is 31.5 Å². The summed E-state index contributed by atoms with van der Waals surface area (Å²) in [5, 5.41) is 27.2. The number of rotatable bonds is 26. The molecule has 540 valence electrons. The summed E-state index contributed by atoms with van der Waals surface area (Å²) in [5.74, 6) is 4.46. The van der Waals surface area contributed by atoms with Crippen LogP contribution in [0.2, 0.25) is 0 Å². The molecule has 4 N–H and O–H groups in total. The van der Waals surface area contributed by atoms with Gasteiger partial charge in [0.25, 0.3) is 0 Å². The zero-order chi connectivity index (χ0) is 74.2. The molecule has 0 fully saturated rings. The highest BCUT2D eigenvalue weighted by Gasteiger charge is 2.37. The fraction of sp³-hybridized carbons (Fsp3) is 0.158. The third-order valence-corrected chi connectivity index (χ3v) is 24.6. The predicted octanol–water partition coefficient (Wildman–Crippen LogP) is 14.9. The Labute approximate surface area is 636 Å². The molecule has 0 bridgehead atoms.